The van der Waals surface area contributed by atoms with Gasteiger partial charge in [-0.1, -0.05) is 37.5 Å². The molecule has 1 saturated carbocycles. The average molecular weight is 748 g/mol. The van der Waals surface area contributed by atoms with Gasteiger partial charge in [-0.15, -0.1) is 0 Å². The Hall–Kier alpha value is -5.13. The normalized spacial score (nSPS) is 17.1. The zero-order valence-electron chi connectivity index (χ0n) is 32.0. The second-order valence-electron chi connectivity index (χ2n) is 13.8. The van der Waals surface area contributed by atoms with E-state index in [-0.39, 0.29) is 11.8 Å². The fraction of sp³-hybridized carbons (Fsp3) is 0.500. The van der Waals surface area contributed by atoms with Gasteiger partial charge in [-0.05, 0) is 104 Å². The summed E-state index contributed by atoms with van der Waals surface area (Å²) < 4.78 is 39.7. The Morgan fingerprint density at radius 3 is 2.07 bits per heavy atom. The molecule has 1 aliphatic heterocycles. The first-order chi connectivity index (χ1) is 26.2. The van der Waals surface area contributed by atoms with E-state index in [1.807, 2.05) is 36.4 Å². The third-order valence-electron chi connectivity index (χ3n) is 10.5. The minimum Gasteiger partial charge on any atom is -0.493 e. The van der Waals surface area contributed by atoms with Crippen molar-refractivity contribution in [3.8, 4) is 34.5 Å². The number of rotatable bonds is 17. The van der Waals surface area contributed by atoms with Crippen LogP contribution in [-0.4, -0.2) is 82.6 Å². The first-order valence-corrected chi connectivity index (χ1v) is 18.7. The number of piperidine rings is 1. The Labute approximate surface area is 317 Å². The molecule has 3 aromatic rings. The van der Waals surface area contributed by atoms with Crippen molar-refractivity contribution in [2.24, 2.45) is 5.92 Å². The Morgan fingerprint density at radius 2 is 1.43 bits per heavy atom. The summed E-state index contributed by atoms with van der Waals surface area (Å²) in [6.07, 6.45) is 7.20. The zero-order chi connectivity index (χ0) is 38.6. The van der Waals surface area contributed by atoms with Crippen LogP contribution in [0, 0.1) is 5.92 Å². The highest BCUT2D eigenvalue weighted by Gasteiger charge is 2.41. The van der Waals surface area contributed by atoms with E-state index in [1.54, 1.807) is 58.6 Å². The van der Waals surface area contributed by atoms with Crippen molar-refractivity contribution in [2.45, 2.75) is 82.3 Å². The number of benzene rings is 3. The topological polar surface area (TPSA) is 139 Å². The molecule has 0 spiro atoms. The van der Waals surface area contributed by atoms with Crippen LogP contribution in [0.2, 0.25) is 0 Å². The molecule has 0 radical (unpaired) electrons. The third-order valence-corrected chi connectivity index (χ3v) is 10.5. The maximum absolute atomic E-state index is 14.9. The molecule has 2 fully saturated rings. The molecule has 3 unspecified atom stereocenters. The van der Waals surface area contributed by atoms with Gasteiger partial charge in [-0.3, -0.25) is 4.79 Å². The van der Waals surface area contributed by atoms with Crippen molar-refractivity contribution in [3.05, 3.63) is 71.3 Å². The number of hydrogen-bond donors (Lipinski definition) is 1. The smallest absolute Gasteiger partial charge is 0.341 e. The molecule has 3 atom stereocenters. The van der Waals surface area contributed by atoms with E-state index in [0.29, 0.717) is 65.9 Å². The number of likely N-dealkylation sites (tertiary alicyclic amines) is 1. The first kappa shape index (κ1) is 40.1. The summed E-state index contributed by atoms with van der Waals surface area (Å²) in [6, 6.07) is 15.5. The third kappa shape index (κ3) is 9.69. The summed E-state index contributed by atoms with van der Waals surface area (Å²) in [6.45, 7) is -0.0755. The summed E-state index contributed by atoms with van der Waals surface area (Å²) in [5.74, 6) is 0.809. The van der Waals surface area contributed by atoms with Gasteiger partial charge in [0.1, 0.15) is 17.9 Å². The maximum Gasteiger partial charge on any atom is 0.341 e. The molecule has 12 nitrogen and oxygen atoms in total. The van der Waals surface area contributed by atoms with Gasteiger partial charge in [-0.2, -0.15) is 0 Å². The number of nitrogens with zero attached hydrogens (tertiary/aromatic N) is 1. The van der Waals surface area contributed by atoms with E-state index in [2.05, 4.69) is 0 Å². The van der Waals surface area contributed by atoms with Gasteiger partial charge in [0.25, 0.3) is 0 Å². The Kier molecular flexibility index (Phi) is 14.3. The molecule has 1 amide bonds. The lowest BCUT2D eigenvalue weighted by Crippen LogP contribution is -2.51. The number of carbonyl (C=O) groups is 3. The van der Waals surface area contributed by atoms with Crippen LogP contribution in [0.5, 0.6) is 34.5 Å². The van der Waals surface area contributed by atoms with Gasteiger partial charge < -0.3 is 43.2 Å². The van der Waals surface area contributed by atoms with Crippen molar-refractivity contribution in [2.75, 3.05) is 48.7 Å². The molecule has 1 heterocycles. The molecule has 292 valence electrons. The molecule has 1 saturated heterocycles. The lowest BCUT2D eigenvalue weighted by molar-refractivity contribution is -0.163. The van der Waals surface area contributed by atoms with E-state index in [4.69, 9.17) is 33.2 Å². The zero-order valence-corrected chi connectivity index (χ0v) is 32.0. The highest BCUT2D eigenvalue weighted by molar-refractivity contribution is 5.89. The van der Waals surface area contributed by atoms with Crippen LogP contribution < -0.4 is 28.4 Å². The molecule has 1 N–H and O–H groups in total. The number of ether oxygens (including phenoxy) is 7. The molecule has 1 aliphatic carbocycles. The van der Waals surface area contributed by atoms with Crippen LogP contribution in [0.25, 0.3) is 0 Å². The molecule has 3 aromatic carbocycles. The van der Waals surface area contributed by atoms with E-state index < -0.39 is 36.6 Å². The Morgan fingerprint density at radius 1 is 0.741 bits per heavy atom. The van der Waals surface area contributed by atoms with Crippen molar-refractivity contribution in [1.29, 1.82) is 0 Å². The summed E-state index contributed by atoms with van der Waals surface area (Å²) in [5, 5.41) is 9.18. The number of aryl methyl sites for hydroxylation is 1. The Bertz CT molecular complexity index is 1710. The number of methoxy groups -OCH3 is 5. The predicted molar refractivity (Wildman–Crippen MR) is 201 cm³/mol. The van der Waals surface area contributed by atoms with Crippen LogP contribution in [-0.2, 0) is 25.5 Å². The maximum atomic E-state index is 14.9. The SMILES string of the molecule is COc1ccc(CCC(OC(=O)C2CCCCN2C(=O)C(c2cc(OC)c(OC)c(OC)c2)C2CCCCC2)c2cccc(OCC(=O)O)c2)cc1OC. The van der Waals surface area contributed by atoms with Crippen molar-refractivity contribution < 1.29 is 52.6 Å². The highest BCUT2D eigenvalue weighted by Crippen LogP contribution is 2.45. The fourth-order valence-electron chi connectivity index (χ4n) is 7.78. The standard InChI is InChI=1S/C42H53NO11/c1-48-34-20-18-27(22-35(34)49-2)17-19-33(29-14-11-15-31(23-29)53-26-38(44)45)54-42(47)32-16-9-10-21-43(32)41(46)39(28-12-7-6-8-13-28)30-24-36(50-3)40(52-5)37(25-30)51-4/h11,14-15,18,20,22-25,28,32-33,39H,6-10,12-13,16-17,19,21,26H2,1-5H3,(H,44,45). The van der Waals surface area contributed by atoms with Crippen molar-refractivity contribution >= 4 is 17.8 Å². The summed E-state index contributed by atoms with van der Waals surface area (Å²) >= 11 is 0. The molecule has 0 bridgehead atoms. The number of carbonyl (C=O) groups excluding carboxylic acids is 2. The molecule has 0 aromatic heterocycles. The predicted octanol–water partition coefficient (Wildman–Crippen LogP) is 7.16. The van der Waals surface area contributed by atoms with E-state index in [1.165, 1.54) is 0 Å². The lowest BCUT2D eigenvalue weighted by atomic mass is 9.75. The first-order valence-electron chi connectivity index (χ1n) is 18.7. The second kappa shape index (κ2) is 19.3. The molecule has 2 aliphatic rings. The minimum absolute atomic E-state index is 0.0791. The van der Waals surface area contributed by atoms with E-state index >= 15 is 0 Å². The molecular weight excluding hydrogens is 694 g/mol. The number of amides is 1. The number of aliphatic carboxylic acids is 1. The molecule has 12 heteroatoms. The van der Waals surface area contributed by atoms with Crippen molar-refractivity contribution in [1.82, 2.24) is 4.90 Å². The van der Waals surface area contributed by atoms with Gasteiger partial charge in [0.15, 0.2) is 29.6 Å². The lowest BCUT2D eigenvalue weighted by Gasteiger charge is -2.40. The van der Waals surface area contributed by atoms with Gasteiger partial charge in [0.2, 0.25) is 11.7 Å². The van der Waals surface area contributed by atoms with E-state index in [0.717, 1.165) is 56.1 Å². The van der Waals surface area contributed by atoms with Gasteiger partial charge in [0, 0.05) is 6.54 Å². The van der Waals surface area contributed by atoms with E-state index in [9.17, 15) is 19.5 Å². The monoisotopic (exact) mass is 747 g/mol. The van der Waals surface area contributed by atoms with Crippen LogP contribution >= 0.6 is 0 Å². The quantitative estimate of drug-likeness (QED) is 0.141. The largest absolute Gasteiger partial charge is 0.493 e. The Balaban J connectivity index is 1.45. The number of carboxylic acid groups (broad SMARTS) is 1. The van der Waals surface area contributed by atoms with Gasteiger partial charge >= 0.3 is 11.9 Å². The second-order valence-corrected chi connectivity index (χ2v) is 13.8. The number of carboxylic acids is 1. The van der Waals surface area contributed by atoms with Crippen LogP contribution in [0.4, 0.5) is 0 Å². The van der Waals surface area contributed by atoms with Crippen LogP contribution in [0.15, 0.2) is 54.6 Å². The number of esters is 1. The van der Waals surface area contributed by atoms with Gasteiger partial charge in [0.05, 0.1) is 41.5 Å². The summed E-state index contributed by atoms with van der Waals surface area (Å²) in [7, 11) is 7.82. The van der Waals surface area contributed by atoms with Crippen molar-refractivity contribution in [3.63, 3.8) is 0 Å². The molecular formula is C42H53NO11. The molecule has 5 rings (SSSR count). The summed E-state index contributed by atoms with van der Waals surface area (Å²) in [5.41, 5.74) is 2.37. The van der Waals surface area contributed by atoms with Crippen LogP contribution in [0.3, 0.4) is 0 Å². The average Bonchev–Trinajstić information content (AvgIpc) is 3.21. The number of hydrogen-bond acceptors (Lipinski definition) is 10. The minimum atomic E-state index is -1.10. The highest BCUT2D eigenvalue weighted by atomic mass is 16.5. The van der Waals surface area contributed by atoms with Crippen LogP contribution in [0.1, 0.15) is 86.5 Å². The fourth-order valence-corrected chi connectivity index (χ4v) is 7.78. The molecule has 54 heavy (non-hydrogen) atoms. The van der Waals surface area contributed by atoms with Gasteiger partial charge in [-0.25, -0.2) is 9.59 Å². The summed E-state index contributed by atoms with van der Waals surface area (Å²) in [4.78, 5) is 42.3.